The SMILES string of the molecule is COC(C)(C)CNC(=O)c1ccc(C#CCO)c(Cl)c1. The quantitative estimate of drug-likeness (QED) is 0.833. The third-order valence-electron chi connectivity index (χ3n) is 2.76. The van der Waals surface area contributed by atoms with Crippen molar-refractivity contribution in [2.75, 3.05) is 20.3 Å². The largest absolute Gasteiger partial charge is 0.384 e. The van der Waals surface area contributed by atoms with E-state index >= 15 is 0 Å². The van der Waals surface area contributed by atoms with Crippen molar-refractivity contribution >= 4 is 17.5 Å². The van der Waals surface area contributed by atoms with Gasteiger partial charge in [-0.15, -0.1) is 0 Å². The van der Waals surface area contributed by atoms with Crippen LogP contribution in [-0.2, 0) is 4.74 Å². The fourth-order valence-corrected chi connectivity index (χ4v) is 1.59. The van der Waals surface area contributed by atoms with E-state index in [1.807, 2.05) is 13.8 Å². The smallest absolute Gasteiger partial charge is 0.251 e. The van der Waals surface area contributed by atoms with Crippen LogP contribution in [0.2, 0.25) is 5.02 Å². The van der Waals surface area contributed by atoms with Gasteiger partial charge in [0.2, 0.25) is 0 Å². The molecule has 0 spiro atoms. The van der Waals surface area contributed by atoms with Crippen molar-refractivity contribution in [2.24, 2.45) is 0 Å². The predicted octanol–water partition coefficient (Wildman–Crippen LogP) is 1.84. The van der Waals surface area contributed by atoms with Gasteiger partial charge in [-0.1, -0.05) is 23.4 Å². The van der Waals surface area contributed by atoms with E-state index in [2.05, 4.69) is 17.2 Å². The number of aliphatic hydroxyl groups excluding tert-OH is 1. The van der Waals surface area contributed by atoms with Gasteiger partial charge >= 0.3 is 0 Å². The second-order valence-corrected chi connectivity index (χ2v) is 5.21. The van der Waals surface area contributed by atoms with Gasteiger partial charge in [0.1, 0.15) is 6.61 Å². The highest BCUT2D eigenvalue weighted by Crippen LogP contribution is 2.17. The number of methoxy groups -OCH3 is 1. The molecule has 1 rings (SSSR count). The van der Waals surface area contributed by atoms with Crippen molar-refractivity contribution in [3.05, 3.63) is 34.3 Å². The molecule has 0 aliphatic rings. The Morgan fingerprint density at radius 1 is 1.50 bits per heavy atom. The van der Waals surface area contributed by atoms with Crippen LogP contribution in [0, 0.1) is 11.8 Å². The summed E-state index contributed by atoms with van der Waals surface area (Å²) in [5, 5.41) is 11.8. The third-order valence-corrected chi connectivity index (χ3v) is 3.07. The van der Waals surface area contributed by atoms with Crippen LogP contribution >= 0.6 is 11.6 Å². The minimum atomic E-state index is -0.425. The Bertz CT molecular complexity index is 544. The summed E-state index contributed by atoms with van der Waals surface area (Å²) in [6, 6.07) is 4.85. The Morgan fingerprint density at radius 3 is 2.75 bits per heavy atom. The standard InChI is InChI=1S/C15H18ClNO3/c1-15(2,20-3)10-17-14(19)12-7-6-11(5-4-8-18)13(16)9-12/h6-7,9,18H,8,10H2,1-3H3,(H,17,19). The van der Waals surface area contributed by atoms with Gasteiger partial charge in [0.05, 0.1) is 10.6 Å². The Balaban J connectivity index is 2.78. The monoisotopic (exact) mass is 295 g/mol. The van der Waals surface area contributed by atoms with Gasteiger partial charge in [-0.3, -0.25) is 4.79 Å². The second-order valence-electron chi connectivity index (χ2n) is 4.80. The van der Waals surface area contributed by atoms with Crippen LogP contribution in [0.15, 0.2) is 18.2 Å². The Labute approximate surface area is 124 Å². The van der Waals surface area contributed by atoms with Crippen molar-refractivity contribution in [2.45, 2.75) is 19.4 Å². The number of halogens is 1. The highest BCUT2D eigenvalue weighted by Gasteiger charge is 2.18. The summed E-state index contributed by atoms with van der Waals surface area (Å²) in [4.78, 5) is 12.0. The van der Waals surface area contributed by atoms with E-state index in [-0.39, 0.29) is 12.5 Å². The number of ether oxygens (including phenoxy) is 1. The molecule has 5 heteroatoms. The predicted molar refractivity (Wildman–Crippen MR) is 78.8 cm³/mol. The molecule has 0 fully saturated rings. The number of hydrogen-bond donors (Lipinski definition) is 2. The van der Waals surface area contributed by atoms with Crippen LogP contribution < -0.4 is 5.32 Å². The molecule has 20 heavy (non-hydrogen) atoms. The van der Waals surface area contributed by atoms with Crippen molar-refractivity contribution in [3.63, 3.8) is 0 Å². The number of carbonyl (C=O) groups is 1. The van der Waals surface area contributed by atoms with Crippen molar-refractivity contribution in [3.8, 4) is 11.8 Å². The van der Waals surface area contributed by atoms with E-state index in [1.165, 1.54) is 0 Å². The molecule has 0 unspecified atom stereocenters. The maximum absolute atomic E-state index is 12.0. The lowest BCUT2D eigenvalue weighted by molar-refractivity contribution is 0.0229. The Hall–Kier alpha value is -1.54. The average Bonchev–Trinajstić information content (AvgIpc) is 2.43. The molecule has 0 aromatic heterocycles. The topological polar surface area (TPSA) is 58.6 Å². The lowest BCUT2D eigenvalue weighted by Gasteiger charge is -2.23. The zero-order valence-corrected chi connectivity index (χ0v) is 12.5. The first-order chi connectivity index (χ1) is 9.39. The van der Waals surface area contributed by atoms with Gasteiger partial charge < -0.3 is 15.2 Å². The molecule has 0 aliphatic carbocycles. The molecule has 108 valence electrons. The molecule has 0 atom stereocenters. The number of hydrogen-bond acceptors (Lipinski definition) is 3. The molecule has 1 aromatic rings. The van der Waals surface area contributed by atoms with Gasteiger partial charge in [-0.25, -0.2) is 0 Å². The van der Waals surface area contributed by atoms with Gasteiger partial charge in [0, 0.05) is 24.8 Å². The number of rotatable bonds is 4. The summed E-state index contributed by atoms with van der Waals surface area (Å²) in [6.07, 6.45) is 0. The first-order valence-electron chi connectivity index (χ1n) is 6.12. The third kappa shape index (κ3) is 4.86. The molecule has 2 N–H and O–H groups in total. The number of nitrogens with one attached hydrogen (secondary N) is 1. The fraction of sp³-hybridized carbons (Fsp3) is 0.400. The molecule has 0 bridgehead atoms. The minimum Gasteiger partial charge on any atom is -0.384 e. The second kappa shape index (κ2) is 7.30. The van der Waals surface area contributed by atoms with E-state index < -0.39 is 5.60 Å². The maximum Gasteiger partial charge on any atom is 0.251 e. The molecule has 1 aromatic carbocycles. The van der Waals surface area contributed by atoms with Crippen LogP contribution in [0.1, 0.15) is 29.8 Å². The summed E-state index contributed by atoms with van der Waals surface area (Å²) in [5.74, 6) is 5.00. The first-order valence-corrected chi connectivity index (χ1v) is 6.50. The van der Waals surface area contributed by atoms with E-state index in [0.29, 0.717) is 22.7 Å². The molecule has 0 saturated heterocycles. The van der Waals surface area contributed by atoms with E-state index in [0.717, 1.165) is 0 Å². The minimum absolute atomic E-state index is 0.223. The number of aliphatic hydroxyl groups is 1. The summed E-state index contributed by atoms with van der Waals surface area (Å²) < 4.78 is 5.23. The molecule has 0 radical (unpaired) electrons. The van der Waals surface area contributed by atoms with Crippen LogP contribution in [0.3, 0.4) is 0 Å². The molecule has 1 amide bonds. The van der Waals surface area contributed by atoms with Gasteiger partial charge in [0.25, 0.3) is 5.91 Å². The Morgan fingerprint density at radius 2 is 2.20 bits per heavy atom. The molecule has 0 heterocycles. The normalized spacial score (nSPS) is 10.7. The van der Waals surface area contributed by atoms with Gasteiger partial charge in [-0.05, 0) is 32.0 Å². The van der Waals surface area contributed by atoms with Crippen LogP contribution in [-0.4, -0.2) is 36.9 Å². The number of amides is 1. The highest BCUT2D eigenvalue weighted by atomic mass is 35.5. The summed E-state index contributed by atoms with van der Waals surface area (Å²) in [6.45, 7) is 3.93. The zero-order valence-electron chi connectivity index (χ0n) is 11.8. The lowest BCUT2D eigenvalue weighted by atomic mass is 10.1. The average molecular weight is 296 g/mol. The molecule has 0 aliphatic heterocycles. The highest BCUT2D eigenvalue weighted by molar-refractivity contribution is 6.32. The van der Waals surface area contributed by atoms with Crippen LogP contribution in [0.25, 0.3) is 0 Å². The molecular formula is C15H18ClNO3. The summed E-state index contributed by atoms with van der Waals surface area (Å²) in [7, 11) is 1.59. The maximum atomic E-state index is 12.0. The molecule has 0 saturated carbocycles. The van der Waals surface area contributed by atoms with Gasteiger partial charge in [0.15, 0.2) is 0 Å². The molecule has 4 nitrogen and oxygen atoms in total. The van der Waals surface area contributed by atoms with Crippen LogP contribution in [0.4, 0.5) is 0 Å². The fourth-order valence-electron chi connectivity index (χ4n) is 1.36. The van der Waals surface area contributed by atoms with E-state index in [4.69, 9.17) is 21.4 Å². The summed E-state index contributed by atoms with van der Waals surface area (Å²) in [5.41, 5.74) is 0.609. The van der Waals surface area contributed by atoms with E-state index in [9.17, 15) is 4.79 Å². The van der Waals surface area contributed by atoms with Crippen molar-refractivity contribution < 1.29 is 14.6 Å². The zero-order chi connectivity index (χ0) is 15.2. The molecular weight excluding hydrogens is 278 g/mol. The van der Waals surface area contributed by atoms with Crippen molar-refractivity contribution in [1.82, 2.24) is 5.32 Å². The van der Waals surface area contributed by atoms with E-state index in [1.54, 1.807) is 25.3 Å². The van der Waals surface area contributed by atoms with Gasteiger partial charge in [-0.2, -0.15) is 0 Å². The van der Waals surface area contributed by atoms with Crippen molar-refractivity contribution in [1.29, 1.82) is 0 Å². The lowest BCUT2D eigenvalue weighted by Crippen LogP contribution is -2.39. The number of carbonyl (C=O) groups excluding carboxylic acids is 1. The first kappa shape index (κ1) is 16.5. The summed E-state index contributed by atoms with van der Waals surface area (Å²) >= 11 is 6.04. The van der Waals surface area contributed by atoms with Crippen LogP contribution in [0.5, 0.6) is 0 Å². The number of benzene rings is 1. The Kier molecular flexibility index (Phi) is 6.03.